The number of sulfonamides is 1. The molecule has 0 aliphatic heterocycles. The van der Waals surface area contributed by atoms with Gasteiger partial charge in [-0.05, 0) is 26.0 Å². The molecule has 0 aromatic carbocycles. The van der Waals surface area contributed by atoms with Crippen molar-refractivity contribution < 1.29 is 8.42 Å². The fourth-order valence-electron chi connectivity index (χ4n) is 1.89. The molecule has 21 heavy (non-hydrogen) atoms. The van der Waals surface area contributed by atoms with Gasteiger partial charge in [0.05, 0.1) is 6.26 Å². The molecule has 1 aromatic rings. The van der Waals surface area contributed by atoms with Gasteiger partial charge in [0.15, 0.2) is 5.96 Å². The van der Waals surface area contributed by atoms with E-state index in [1.807, 2.05) is 38.4 Å². The van der Waals surface area contributed by atoms with Gasteiger partial charge in [0.25, 0.3) is 0 Å². The van der Waals surface area contributed by atoms with Crippen LogP contribution in [0.4, 0.5) is 0 Å². The normalized spacial score (nSPS) is 13.2. The van der Waals surface area contributed by atoms with E-state index in [0.29, 0.717) is 12.5 Å². The average molecular weight is 315 g/mol. The number of nitrogens with zero attached hydrogens (tertiary/aromatic N) is 2. The molecule has 0 aliphatic rings. The topological polar surface area (TPSA) is 87.5 Å². The van der Waals surface area contributed by atoms with Crippen LogP contribution in [0.25, 0.3) is 0 Å². The van der Waals surface area contributed by atoms with Gasteiger partial charge in [0.1, 0.15) is 0 Å². The lowest BCUT2D eigenvalue weighted by molar-refractivity contribution is 0.446. The summed E-state index contributed by atoms with van der Waals surface area (Å²) in [5.41, 5.74) is -0.592. The van der Waals surface area contributed by atoms with Crippen molar-refractivity contribution in [2.45, 2.75) is 25.9 Å². The summed E-state index contributed by atoms with van der Waals surface area (Å²) in [4.78, 5) is 4.11. The Morgan fingerprint density at radius 2 is 1.86 bits per heavy atom. The molecule has 0 saturated carbocycles. The Balaban J connectivity index is 2.37. The summed E-state index contributed by atoms with van der Waals surface area (Å²) in [6, 6.07) is 3.96. The molecule has 1 aromatic heterocycles. The Labute approximate surface area is 126 Å². The van der Waals surface area contributed by atoms with Crippen LogP contribution in [-0.4, -0.2) is 50.9 Å². The minimum Gasteiger partial charge on any atom is -0.355 e. The van der Waals surface area contributed by atoms with Crippen molar-refractivity contribution >= 4 is 16.0 Å². The van der Waals surface area contributed by atoms with E-state index in [2.05, 4.69) is 24.9 Å². The highest BCUT2D eigenvalue weighted by molar-refractivity contribution is 7.88. The summed E-state index contributed by atoms with van der Waals surface area (Å²) in [7, 11) is -1.55. The first-order valence-electron chi connectivity index (χ1n) is 6.76. The van der Waals surface area contributed by atoms with Crippen molar-refractivity contribution in [3.05, 3.63) is 24.5 Å². The number of aliphatic imine (C=N–C) groups is 1. The van der Waals surface area contributed by atoms with Gasteiger partial charge in [-0.25, -0.2) is 13.1 Å². The molecule has 0 atom stereocenters. The number of hydrogen-bond donors (Lipinski definition) is 3. The molecule has 1 heterocycles. The van der Waals surface area contributed by atoms with E-state index in [1.54, 1.807) is 7.05 Å². The Hall–Kier alpha value is -1.54. The van der Waals surface area contributed by atoms with Crippen LogP contribution in [0.1, 0.15) is 13.8 Å². The maximum Gasteiger partial charge on any atom is 0.209 e. The second-order valence-electron chi connectivity index (χ2n) is 5.53. The average Bonchev–Trinajstić information content (AvgIpc) is 2.83. The molecule has 8 heteroatoms. The van der Waals surface area contributed by atoms with Crippen molar-refractivity contribution in [3.63, 3.8) is 0 Å². The van der Waals surface area contributed by atoms with E-state index in [0.717, 1.165) is 19.3 Å². The number of aromatic nitrogens is 1. The monoisotopic (exact) mass is 315 g/mol. The Kier molecular flexibility index (Phi) is 6.22. The Morgan fingerprint density at radius 3 is 2.38 bits per heavy atom. The third kappa shape index (κ3) is 7.72. The molecular formula is C13H25N5O2S. The summed E-state index contributed by atoms with van der Waals surface area (Å²) < 4.78 is 27.2. The Morgan fingerprint density at radius 1 is 1.24 bits per heavy atom. The minimum atomic E-state index is -3.24. The fraction of sp³-hybridized carbons (Fsp3) is 0.615. The Bertz CT molecular complexity index is 549. The molecule has 0 aliphatic carbocycles. The molecule has 0 fully saturated rings. The van der Waals surface area contributed by atoms with Crippen LogP contribution in [0, 0.1) is 0 Å². The quantitative estimate of drug-likeness (QED) is 0.487. The van der Waals surface area contributed by atoms with E-state index in [9.17, 15) is 8.42 Å². The van der Waals surface area contributed by atoms with Gasteiger partial charge in [-0.3, -0.25) is 4.99 Å². The first kappa shape index (κ1) is 17.5. The second-order valence-corrected chi connectivity index (χ2v) is 7.28. The zero-order valence-electron chi connectivity index (χ0n) is 13.0. The van der Waals surface area contributed by atoms with Crippen LogP contribution >= 0.6 is 0 Å². The molecule has 120 valence electrons. The van der Waals surface area contributed by atoms with Gasteiger partial charge < -0.3 is 15.2 Å². The zero-order chi connectivity index (χ0) is 15.9. The van der Waals surface area contributed by atoms with Gasteiger partial charge in [-0.1, -0.05) is 0 Å². The molecule has 0 spiro atoms. The van der Waals surface area contributed by atoms with Crippen molar-refractivity contribution in [2.24, 2.45) is 4.99 Å². The van der Waals surface area contributed by atoms with Crippen LogP contribution in [0.2, 0.25) is 0 Å². The number of guanidine groups is 1. The second kappa shape index (κ2) is 7.46. The predicted octanol–water partition coefficient (Wildman–Crippen LogP) is -0.0191. The molecule has 1 rings (SSSR count). The lowest BCUT2D eigenvalue weighted by atomic mass is 10.1. The molecule has 0 unspecified atom stereocenters. The lowest BCUT2D eigenvalue weighted by Crippen LogP contribution is -2.53. The van der Waals surface area contributed by atoms with Crippen molar-refractivity contribution in [1.29, 1.82) is 0 Å². The van der Waals surface area contributed by atoms with Crippen LogP contribution in [0.15, 0.2) is 29.5 Å². The summed E-state index contributed by atoms with van der Waals surface area (Å²) in [6.45, 7) is 5.62. The van der Waals surface area contributed by atoms with E-state index >= 15 is 0 Å². The summed E-state index contributed by atoms with van der Waals surface area (Å²) in [5, 5.41) is 6.30. The summed E-state index contributed by atoms with van der Waals surface area (Å²) in [6.07, 6.45) is 5.15. The van der Waals surface area contributed by atoms with Gasteiger partial charge in [-0.15, -0.1) is 0 Å². The van der Waals surface area contributed by atoms with E-state index in [4.69, 9.17) is 0 Å². The third-order valence-corrected chi connectivity index (χ3v) is 3.64. The van der Waals surface area contributed by atoms with Crippen molar-refractivity contribution in [3.8, 4) is 0 Å². The first-order chi connectivity index (χ1) is 9.72. The van der Waals surface area contributed by atoms with Crippen LogP contribution < -0.4 is 15.4 Å². The van der Waals surface area contributed by atoms with Gasteiger partial charge in [-0.2, -0.15) is 0 Å². The maximum atomic E-state index is 11.3. The number of rotatable bonds is 7. The fourth-order valence-corrected chi connectivity index (χ4v) is 2.96. The smallest absolute Gasteiger partial charge is 0.209 e. The minimum absolute atomic E-state index is 0.434. The highest BCUT2D eigenvalue weighted by Crippen LogP contribution is 2.01. The standard InChI is InChI=1S/C13H25N5O2S/c1-13(2,17-21(4,19)20)11-16-12(14-3)15-7-10-18-8-5-6-9-18/h5-6,8-9,17H,7,10-11H2,1-4H3,(H2,14,15,16). The number of nitrogens with one attached hydrogen (secondary N) is 3. The molecule has 7 nitrogen and oxygen atoms in total. The van der Waals surface area contributed by atoms with Crippen molar-refractivity contribution in [2.75, 3.05) is 26.4 Å². The third-order valence-electron chi connectivity index (χ3n) is 2.71. The molecule has 0 amide bonds. The van der Waals surface area contributed by atoms with Gasteiger partial charge >= 0.3 is 0 Å². The van der Waals surface area contributed by atoms with E-state index < -0.39 is 15.6 Å². The van der Waals surface area contributed by atoms with Gasteiger partial charge in [0.2, 0.25) is 10.0 Å². The van der Waals surface area contributed by atoms with Crippen LogP contribution in [0.5, 0.6) is 0 Å². The molecule has 0 saturated heterocycles. The highest BCUT2D eigenvalue weighted by atomic mass is 32.2. The van der Waals surface area contributed by atoms with Crippen molar-refractivity contribution in [1.82, 2.24) is 19.9 Å². The van der Waals surface area contributed by atoms with Crippen LogP contribution in [0.3, 0.4) is 0 Å². The summed E-state index contributed by atoms with van der Waals surface area (Å²) in [5.74, 6) is 0.644. The maximum absolute atomic E-state index is 11.3. The zero-order valence-corrected chi connectivity index (χ0v) is 13.9. The first-order valence-corrected chi connectivity index (χ1v) is 8.65. The highest BCUT2D eigenvalue weighted by Gasteiger charge is 2.22. The largest absolute Gasteiger partial charge is 0.355 e. The summed E-state index contributed by atoms with van der Waals surface area (Å²) >= 11 is 0. The molecule has 3 N–H and O–H groups in total. The molecular weight excluding hydrogens is 290 g/mol. The SMILES string of the molecule is CN=C(NCCn1cccc1)NCC(C)(C)NS(C)(=O)=O. The number of hydrogen-bond acceptors (Lipinski definition) is 3. The molecule has 0 bridgehead atoms. The molecule has 0 radical (unpaired) electrons. The van der Waals surface area contributed by atoms with Gasteiger partial charge in [0, 0.05) is 44.6 Å². The predicted molar refractivity (Wildman–Crippen MR) is 85.9 cm³/mol. The lowest BCUT2D eigenvalue weighted by Gasteiger charge is -2.26. The van der Waals surface area contributed by atoms with E-state index in [-0.39, 0.29) is 0 Å². The van der Waals surface area contributed by atoms with E-state index in [1.165, 1.54) is 0 Å². The van der Waals surface area contributed by atoms with Crippen LogP contribution in [-0.2, 0) is 16.6 Å².